The van der Waals surface area contributed by atoms with Gasteiger partial charge in [0, 0.05) is 5.69 Å². The highest BCUT2D eigenvalue weighted by atomic mass is 35.5. The quantitative estimate of drug-likeness (QED) is 0.755. The molecule has 0 aliphatic heterocycles. The zero-order valence-corrected chi connectivity index (χ0v) is 10.8. The van der Waals surface area contributed by atoms with Gasteiger partial charge in [0.1, 0.15) is 5.75 Å². The second-order valence-corrected chi connectivity index (χ2v) is 4.54. The van der Waals surface area contributed by atoms with Gasteiger partial charge in [0.2, 0.25) is 5.91 Å². The van der Waals surface area contributed by atoms with Crippen molar-refractivity contribution in [3.05, 3.63) is 53.1 Å². The van der Waals surface area contributed by atoms with E-state index in [1.807, 2.05) is 0 Å². The molecule has 2 rings (SSSR count). The van der Waals surface area contributed by atoms with Gasteiger partial charge in [0.15, 0.2) is 0 Å². The molecule has 4 nitrogen and oxygen atoms in total. The predicted octanol–water partition coefficient (Wildman–Crippen LogP) is 2.81. The highest BCUT2D eigenvalue weighted by molar-refractivity contribution is 6.34. The number of rotatable bonds is 3. The lowest BCUT2D eigenvalue weighted by Gasteiger charge is -2.08. The highest BCUT2D eigenvalue weighted by Crippen LogP contribution is 2.24. The summed E-state index contributed by atoms with van der Waals surface area (Å²) < 4.78 is 0. The van der Waals surface area contributed by atoms with Crippen LogP contribution in [0.4, 0.5) is 11.4 Å². The molecule has 2 aromatic carbocycles. The molecule has 2 aromatic rings. The Balaban J connectivity index is 2.05. The zero-order chi connectivity index (χ0) is 13.8. The van der Waals surface area contributed by atoms with Crippen molar-refractivity contribution < 1.29 is 9.90 Å². The molecule has 0 heterocycles. The molecule has 1 amide bonds. The normalized spacial score (nSPS) is 10.2. The van der Waals surface area contributed by atoms with E-state index in [1.165, 1.54) is 0 Å². The van der Waals surface area contributed by atoms with Crippen LogP contribution in [0.5, 0.6) is 5.75 Å². The lowest BCUT2D eigenvalue weighted by atomic mass is 10.1. The summed E-state index contributed by atoms with van der Waals surface area (Å²) in [5.74, 6) is -0.0758. The summed E-state index contributed by atoms with van der Waals surface area (Å²) in [6.07, 6.45) is 0.162. The van der Waals surface area contributed by atoms with E-state index in [4.69, 9.17) is 17.3 Å². The Hall–Kier alpha value is -2.20. The molecule has 0 saturated heterocycles. The number of benzene rings is 2. The summed E-state index contributed by atoms with van der Waals surface area (Å²) in [5.41, 5.74) is 7.35. The van der Waals surface area contributed by atoms with E-state index in [0.717, 1.165) is 5.56 Å². The third kappa shape index (κ3) is 3.63. The first-order chi connectivity index (χ1) is 9.04. The van der Waals surface area contributed by atoms with E-state index >= 15 is 0 Å². The average Bonchev–Trinajstić information content (AvgIpc) is 2.33. The Kier molecular flexibility index (Phi) is 3.92. The van der Waals surface area contributed by atoms with Crippen molar-refractivity contribution in [1.82, 2.24) is 0 Å². The number of nitrogens with one attached hydrogen (secondary N) is 1. The summed E-state index contributed by atoms with van der Waals surface area (Å²) in [4.78, 5) is 11.8. The van der Waals surface area contributed by atoms with Crippen molar-refractivity contribution in [2.24, 2.45) is 0 Å². The Bertz CT molecular complexity index is 614. The van der Waals surface area contributed by atoms with E-state index in [0.29, 0.717) is 16.4 Å². The Morgan fingerprint density at radius 2 is 2.05 bits per heavy atom. The van der Waals surface area contributed by atoms with Crippen molar-refractivity contribution >= 4 is 28.9 Å². The van der Waals surface area contributed by atoms with Gasteiger partial charge in [-0.15, -0.1) is 0 Å². The van der Waals surface area contributed by atoms with Gasteiger partial charge in [0.25, 0.3) is 0 Å². The van der Waals surface area contributed by atoms with Gasteiger partial charge in [0.05, 0.1) is 17.1 Å². The van der Waals surface area contributed by atoms with E-state index in [2.05, 4.69) is 5.32 Å². The van der Waals surface area contributed by atoms with Gasteiger partial charge in [-0.2, -0.15) is 0 Å². The molecular formula is C14H13ClN2O2. The molecule has 0 atom stereocenters. The topological polar surface area (TPSA) is 75.3 Å². The van der Waals surface area contributed by atoms with Crippen LogP contribution >= 0.6 is 11.6 Å². The van der Waals surface area contributed by atoms with Crippen LogP contribution in [0.25, 0.3) is 0 Å². The van der Waals surface area contributed by atoms with Crippen molar-refractivity contribution in [3.8, 4) is 5.75 Å². The summed E-state index contributed by atoms with van der Waals surface area (Å²) in [7, 11) is 0. The van der Waals surface area contributed by atoms with Crippen LogP contribution in [0.2, 0.25) is 5.02 Å². The highest BCUT2D eigenvalue weighted by Gasteiger charge is 2.07. The average molecular weight is 277 g/mol. The number of hydrogen-bond acceptors (Lipinski definition) is 3. The minimum Gasteiger partial charge on any atom is -0.508 e. The minimum atomic E-state index is -0.211. The van der Waals surface area contributed by atoms with Gasteiger partial charge < -0.3 is 16.2 Å². The van der Waals surface area contributed by atoms with Crippen molar-refractivity contribution in [3.63, 3.8) is 0 Å². The second kappa shape index (κ2) is 5.63. The molecule has 0 unspecified atom stereocenters. The first kappa shape index (κ1) is 13.2. The van der Waals surface area contributed by atoms with Gasteiger partial charge in [-0.05, 0) is 35.9 Å². The SMILES string of the molecule is Nc1ccc(NC(=O)Cc2cccc(O)c2)c(Cl)c1. The van der Waals surface area contributed by atoms with Crippen LogP contribution < -0.4 is 11.1 Å². The fraction of sp³-hybridized carbons (Fsp3) is 0.0714. The maximum absolute atomic E-state index is 11.8. The molecule has 0 saturated carbocycles. The number of carbonyl (C=O) groups excluding carboxylic acids is 1. The Labute approximate surface area is 115 Å². The van der Waals surface area contributed by atoms with Gasteiger partial charge >= 0.3 is 0 Å². The molecule has 98 valence electrons. The largest absolute Gasteiger partial charge is 0.508 e. The maximum Gasteiger partial charge on any atom is 0.228 e. The van der Waals surface area contributed by atoms with Crippen LogP contribution in [0.1, 0.15) is 5.56 Å². The van der Waals surface area contributed by atoms with E-state index in [-0.39, 0.29) is 18.1 Å². The van der Waals surface area contributed by atoms with Gasteiger partial charge in [-0.25, -0.2) is 0 Å². The molecule has 0 aliphatic carbocycles. The van der Waals surface area contributed by atoms with Crippen LogP contribution in [0, 0.1) is 0 Å². The van der Waals surface area contributed by atoms with Crippen molar-refractivity contribution in [1.29, 1.82) is 0 Å². The number of halogens is 1. The monoisotopic (exact) mass is 276 g/mol. The number of hydrogen-bond donors (Lipinski definition) is 3. The first-order valence-corrected chi connectivity index (χ1v) is 6.05. The van der Waals surface area contributed by atoms with Gasteiger partial charge in [-0.3, -0.25) is 4.79 Å². The molecule has 5 heteroatoms. The van der Waals surface area contributed by atoms with Crippen molar-refractivity contribution in [2.75, 3.05) is 11.1 Å². The molecule has 0 aromatic heterocycles. The number of phenols is 1. The number of nitrogens with two attached hydrogens (primary N) is 1. The molecule has 19 heavy (non-hydrogen) atoms. The molecule has 0 radical (unpaired) electrons. The number of aromatic hydroxyl groups is 1. The molecule has 0 aliphatic rings. The number of nitrogen functional groups attached to an aromatic ring is 1. The molecule has 4 N–H and O–H groups in total. The van der Waals surface area contributed by atoms with Crippen LogP contribution in [0.3, 0.4) is 0 Å². The molecule has 0 bridgehead atoms. The Morgan fingerprint density at radius 1 is 1.26 bits per heavy atom. The number of amides is 1. The van der Waals surface area contributed by atoms with E-state index in [9.17, 15) is 9.90 Å². The molecule has 0 fully saturated rings. The minimum absolute atomic E-state index is 0.135. The summed E-state index contributed by atoms with van der Waals surface area (Å²) in [6.45, 7) is 0. The number of phenolic OH excluding ortho intramolecular Hbond substituents is 1. The lowest BCUT2D eigenvalue weighted by molar-refractivity contribution is -0.115. The maximum atomic E-state index is 11.8. The van der Waals surface area contributed by atoms with Crippen LogP contribution in [-0.4, -0.2) is 11.0 Å². The predicted molar refractivity (Wildman–Crippen MR) is 76.3 cm³/mol. The second-order valence-electron chi connectivity index (χ2n) is 4.13. The fourth-order valence-electron chi connectivity index (χ4n) is 1.68. The number of anilines is 2. The third-order valence-corrected chi connectivity index (χ3v) is 2.86. The fourth-order valence-corrected chi connectivity index (χ4v) is 1.92. The van der Waals surface area contributed by atoms with Crippen LogP contribution in [-0.2, 0) is 11.2 Å². The first-order valence-electron chi connectivity index (χ1n) is 5.67. The third-order valence-electron chi connectivity index (χ3n) is 2.54. The molecular weight excluding hydrogens is 264 g/mol. The van der Waals surface area contributed by atoms with Crippen molar-refractivity contribution in [2.45, 2.75) is 6.42 Å². The summed E-state index contributed by atoms with van der Waals surface area (Å²) in [5, 5.41) is 12.4. The zero-order valence-electron chi connectivity index (χ0n) is 10.1. The Morgan fingerprint density at radius 3 is 2.74 bits per heavy atom. The summed E-state index contributed by atoms with van der Waals surface area (Å²) >= 11 is 5.97. The lowest BCUT2D eigenvalue weighted by Crippen LogP contribution is -2.14. The van der Waals surface area contributed by atoms with E-state index in [1.54, 1.807) is 42.5 Å². The van der Waals surface area contributed by atoms with Crippen LogP contribution in [0.15, 0.2) is 42.5 Å². The smallest absolute Gasteiger partial charge is 0.228 e. The van der Waals surface area contributed by atoms with Gasteiger partial charge in [-0.1, -0.05) is 23.7 Å². The van der Waals surface area contributed by atoms with E-state index < -0.39 is 0 Å². The molecule has 0 spiro atoms. The summed E-state index contributed by atoms with van der Waals surface area (Å²) in [6, 6.07) is 11.4. The number of carbonyl (C=O) groups is 1. The standard InChI is InChI=1S/C14H13ClN2O2/c15-12-8-10(16)4-5-13(12)17-14(19)7-9-2-1-3-11(18)6-9/h1-6,8,18H,7,16H2,(H,17,19).